The van der Waals surface area contributed by atoms with Crippen molar-refractivity contribution in [3.8, 4) is 0 Å². The van der Waals surface area contributed by atoms with Crippen LogP contribution in [0.4, 0.5) is 5.69 Å². The number of nitrogens with one attached hydrogen (secondary N) is 1. The largest absolute Gasteiger partial charge is 0.477 e. The minimum Gasteiger partial charge on any atom is -0.477 e. The lowest BCUT2D eigenvalue weighted by Crippen LogP contribution is -2.14. The molecule has 17 heavy (non-hydrogen) atoms. The number of amides is 1. The summed E-state index contributed by atoms with van der Waals surface area (Å²) in [5, 5.41) is 9.71. The number of rotatable bonds is 3. The van der Waals surface area contributed by atoms with Crippen LogP contribution < -0.4 is 5.32 Å². The molecule has 0 unspecified atom stereocenters. The summed E-state index contributed by atoms with van der Waals surface area (Å²) in [4.78, 5) is 22.0. The predicted octanol–water partition coefficient (Wildman–Crippen LogP) is 2.71. The van der Waals surface area contributed by atoms with Gasteiger partial charge in [-0.05, 0) is 19.1 Å². The number of carboxylic acid groups (broad SMARTS) is 1. The molecule has 1 amide bonds. The number of benzene rings is 1. The summed E-state index contributed by atoms with van der Waals surface area (Å²) in [6.07, 6.45) is 0. The van der Waals surface area contributed by atoms with E-state index in [1.165, 1.54) is 0 Å². The molecular formula is C11H9Cl2NO3. The Kier molecular flexibility index (Phi) is 4.54. The van der Waals surface area contributed by atoms with Crippen molar-refractivity contribution in [1.29, 1.82) is 0 Å². The van der Waals surface area contributed by atoms with Gasteiger partial charge in [-0.25, -0.2) is 4.79 Å². The van der Waals surface area contributed by atoms with Crippen LogP contribution in [-0.2, 0) is 9.59 Å². The SMILES string of the molecule is Cc1ccc(NC(=O)/C(Cl)=C(\Cl)C(=O)O)cc1. The third-order valence-electron chi connectivity index (χ3n) is 1.89. The molecule has 0 bridgehead atoms. The Morgan fingerprint density at radius 1 is 1.12 bits per heavy atom. The maximum Gasteiger partial charge on any atom is 0.349 e. The molecule has 2 N–H and O–H groups in total. The lowest BCUT2D eigenvalue weighted by molar-refractivity contribution is -0.132. The average molecular weight is 274 g/mol. The third-order valence-corrected chi connectivity index (χ3v) is 2.70. The maximum atomic E-state index is 11.5. The highest BCUT2D eigenvalue weighted by Gasteiger charge is 2.17. The van der Waals surface area contributed by atoms with Crippen molar-refractivity contribution in [2.24, 2.45) is 0 Å². The van der Waals surface area contributed by atoms with Gasteiger partial charge in [-0.3, -0.25) is 4.79 Å². The van der Waals surface area contributed by atoms with E-state index in [2.05, 4.69) is 5.32 Å². The first-order valence-electron chi connectivity index (χ1n) is 4.58. The summed E-state index contributed by atoms with van der Waals surface area (Å²) >= 11 is 10.9. The van der Waals surface area contributed by atoms with Crippen molar-refractivity contribution in [3.05, 3.63) is 39.9 Å². The molecule has 0 heterocycles. The standard InChI is InChI=1S/C11H9Cl2NO3/c1-6-2-4-7(5-3-6)14-10(15)8(12)9(13)11(16)17/h2-5H,1H3,(H,14,15)(H,16,17)/b9-8+. The Morgan fingerprint density at radius 2 is 1.65 bits per heavy atom. The van der Waals surface area contributed by atoms with E-state index in [4.69, 9.17) is 28.3 Å². The third kappa shape index (κ3) is 3.76. The van der Waals surface area contributed by atoms with Crippen LogP contribution in [0, 0.1) is 6.92 Å². The minimum atomic E-state index is -1.45. The molecule has 4 nitrogen and oxygen atoms in total. The molecule has 1 aromatic carbocycles. The lowest BCUT2D eigenvalue weighted by atomic mass is 10.2. The first-order valence-corrected chi connectivity index (χ1v) is 5.34. The second-order valence-electron chi connectivity index (χ2n) is 3.25. The zero-order valence-corrected chi connectivity index (χ0v) is 10.3. The fraction of sp³-hybridized carbons (Fsp3) is 0.0909. The van der Waals surface area contributed by atoms with Crippen molar-refractivity contribution < 1.29 is 14.7 Å². The highest BCUT2D eigenvalue weighted by atomic mass is 35.5. The highest BCUT2D eigenvalue weighted by molar-refractivity contribution is 6.54. The summed E-state index contributed by atoms with van der Waals surface area (Å²) < 4.78 is 0. The zero-order valence-electron chi connectivity index (χ0n) is 8.83. The van der Waals surface area contributed by atoms with Crippen LogP contribution in [0.1, 0.15) is 5.56 Å². The molecule has 0 spiro atoms. The van der Waals surface area contributed by atoms with Crippen molar-refractivity contribution in [1.82, 2.24) is 0 Å². The topological polar surface area (TPSA) is 66.4 Å². The van der Waals surface area contributed by atoms with E-state index in [1.54, 1.807) is 24.3 Å². The number of anilines is 1. The molecule has 0 aliphatic carbocycles. The van der Waals surface area contributed by atoms with Crippen molar-refractivity contribution in [2.75, 3.05) is 5.32 Å². The summed E-state index contributed by atoms with van der Waals surface area (Å²) in [6, 6.07) is 6.94. The van der Waals surface area contributed by atoms with Gasteiger partial charge in [-0.1, -0.05) is 40.9 Å². The Bertz CT molecular complexity index is 480. The molecule has 0 radical (unpaired) electrons. The van der Waals surface area contributed by atoms with E-state index in [9.17, 15) is 9.59 Å². The maximum absolute atomic E-state index is 11.5. The van der Waals surface area contributed by atoms with Gasteiger partial charge >= 0.3 is 5.97 Å². The number of aliphatic carboxylic acids is 1. The van der Waals surface area contributed by atoms with Gasteiger partial charge < -0.3 is 10.4 Å². The molecule has 0 aromatic heterocycles. The van der Waals surface area contributed by atoms with E-state index in [1.807, 2.05) is 6.92 Å². The number of carboxylic acids is 1. The number of hydrogen-bond donors (Lipinski definition) is 2. The molecule has 0 aliphatic heterocycles. The number of halogens is 2. The van der Waals surface area contributed by atoms with Crippen molar-refractivity contribution in [3.63, 3.8) is 0 Å². The van der Waals surface area contributed by atoms with Crippen LogP contribution in [0.5, 0.6) is 0 Å². The van der Waals surface area contributed by atoms with Gasteiger partial charge in [0.15, 0.2) is 0 Å². The van der Waals surface area contributed by atoms with Gasteiger partial charge in [-0.15, -0.1) is 0 Å². The normalized spacial score (nSPS) is 11.7. The van der Waals surface area contributed by atoms with Crippen molar-refractivity contribution in [2.45, 2.75) is 6.92 Å². The summed E-state index contributed by atoms with van der Waals surface area (Å²) in [7, 11) is 0. The van der Waals surface area contributed by atoms with Crippen molar-refractivity contribution >= 4 is 40.8 Å². The first-order chi connectivity index (χ1) is 7.91. The quantitative estimate of drug-likeness (QED) is 0.833. The van der Waals surface area contributed by atoms with Crippen LogP contribution in [0.2, 0.25) is 0 Å². The molecule has 0 fully saturated rings. The molecule has 0 saturated carbocycles. The lowest BCUT2D eigenvalue weighted by Gasteiger charge is -2.05. The molecule has 1 aromatic rings. The number of hydrogen-bond acceptors (Lipinski definition) is 2. The van der Waals surface area contributed by atoms with Gasteiger partial charge in [-0.2, -0.15) is 0 Å². The number of aryl methyl sites for hydroxylation is 1. The highest BCUT2D eigenvalue weighted by Crippen LogP contribution is 2.17. The van der Waals surface area contributed by atoms with Crippen LogP contribution in [0.3, 0.4) is 0 Å². The molecule has 90 valence electrons. The molecule has 6 heteroatoms. The Hall–Kier alpha value is -1.52. The minimum absolute atomic E-state index is 0.508. The zero-order chi connectivity index (χ0) is 13.0. The Balaban J connectivity index is 2.83. The molecule has 0 aliphatic rings. The summed E-state index contributed by atoms with van der Waals surface area (Å²) in [6.45, 7) is 1.90. The van der Waals surface area contributed by atoms with Gasteiger partial charge in [0.1, 0.15) is 10.1 Å². The Morgan fingerprint density at radius 3 is 2.12 bits per heavy atom. The van der Waals surface area contributed by atoms with Crippen LogP contribution in [-0.4, -0.2) is 17.0 Å². The number of carbonyl (C=O) groups excluding carboxylic acids is 1. The summed E-state index contributed by atoms with van der Waals surface area (Å²) in [5.74, 6) is -2.21. The van der Waals surface area contributed by atoms with E-state index in [-0.39, 0.29) is 0 Å². The van der Waals surface area contributed by atoms with E-state index in [0.29, 0.717) is 5.69 Å². The fourth-order valence-corrected chi connectivity index (χ4v) is 1.23. The predicted molar refractivity (Wildman–Crippen MR) is 66.2 cm³/mol. The van der Waals surface area contributed by atoms with Gasteiger partial charge in [0.05, 0.1) is 0 Å². The van der Waals surface area contributed by atoms with E-state index in [0.717, 1.165) is 5.56 Å². The van der Waals surface area contributed by atoms with Crippen LogP contribution >= 0.6 is 23.2 Å². The molecule has 1 rings (SSSR count). The average Bonchev–Trinajstić information content (AvgIpc) is 2.30. The molecule has 0 saturated heterocycles. The van der Waals surface area contributed by atoms with E-state index >= 15 is 0 Å². The Labute approximate surface area is 108 Å². The first kappa shape index (κ1) is 13.5. The van der Waals surface area contributed by atoms with Crippen LogP contribution in [0.25, 0.3) is 0 Å². The van der Waals surface area contributed by atoms with Gasteiger partial charge in [0, 0.05) is 5.69 Å². The summed E-state index contributed by atoms with van der Waals surface area (Å²) in [5.41, 5.74) is 1.54. The fourth-order valence-electron chi connectivity index (χ4n) is 1.02. The molecule has 0 atom stereocenters. The van der Waals surface area contributed by atoms with E-state index < -0.39 is 21.9 Å². The van der Waals surface area contributed by atoms with Gasteiger partial charge in [0.2, 0.25) is 0 Å². The van der Waals surface area contributed by atoms with Gasteiger partial charge in [0.25, 0.3) is 5.91 Å². The van der Waals surface area contributed by atoms with Crippen LogP contribution in [0.15, 0.2) is 34.3 Å². The second-order valence-corrected chi connectivity index (χ2v) is 4.01. The monoisotopic (exact) mass is 273 g/mol. The number of carbonyl (C=O) groups is 2. The smallest absolute Gasteiger partial charge is 0.349 e. The second kappa shape index (κ2) is 5.70. The molecular weight excluding hydrogens is 265 g/mol.